The maximum atomic E-state index is 12.6. The minimum Gasteiger partial charge on any atom is -0.367 e. The van der Waals surface area contributed by atoms with Crippen LogP contribution in [0.4, 0.5) is 0 Å². The van der Waals surface area contributed by atoms with E-state index in [9.17, 15) is 4.91 Å². The Labute approximate surface area is 241 Å². The molecule has 1 aromatic heterocycles. The summed E-state index contributed by atoms with van der Waals surface area (Å²) in [7, 11) is 0. The lowest BCUT2D eigenvalue weighted by molar-refractivity contribution is -0.924. The topological polar surface area (TPSA) is 82.0 Å². The Morgan fingerprint density at radius 3 is 2.20 bits per heavy atom. The van der Waals surface area contributed by atoms with Gasteiger partial charge in [0.15, 0.2) is 6.54 Å². The molecule has 1 aliphatic rings. The standard InChI is InChI=1S/C31H34N4O3.CH3Cl/c1-3-25-18-19-35(20-28(25)37-22-24-16-14-23(2)15-17-24)21-29-32-30(33-38-29)31(34-36,26-10-6-4-7-11-26)27-12-8-5-9-13-27;1-2/h4-17,25,28H,3,18-22H2,1-2H3;1H3/p+1. The predicted octanol–water partition coefficient (Wildman–Crippen LogP) is 5.69. The number of aromatic nitrogens is 2. The first-order valence-electron chi connectivity index (χ1n) is 13.8. The van der Waals surface area contributed by atoms with Gasteiger partial charge in [-0.3, -0.25) is 0 Å². The average Bonchev–Trinajstić information content (AvgIpc) is 3.48. The van der Waals surface area contributed by atoms with Gasteiger partial charge in [-0.15, -0.1) is 16.5 Å². The summed E-state index contributed by atoms with van der Waals surface area (Å²) < 4.78 is 12.2. The highest BCUT2D eigenvalue weighted by Gasteiger charge is 2.43. The molecule has 1 N–H and O–H groups in total. The van der Waals surface area contributed by atoms with Crippen molar-refractivity contribution >= 4 is 11.6 Å². The second-order valence-electron chi connectivity index (χ2n) is 10.2. The van der Waals surface area contributed by atoms with Gasteiger partial charge < -0.3 is 14.2 Å². The van der Waals surface area contributed by atoms with Crippen LogP contribution in [0.2, 0.25) is 0 Å². The van der Waals surface area contributed by atoms with E-state index in [1.54, 1.807) is 0 Å². The van der Waals surface area contributed by atoms with Crippen molar-refractivity contribution in [3.63, 3.8) is 0 Å². The van der Waals surface area contributed by atoms with Crippen LogP contribution in [0.3, 0.4) is 0 Å². The molecule has 0 amide bonds. The van der Waals surface area contributed by atoms with Gasteiger partial charge in [0.1, 0.15) is 12.6 Å². The average molecular weight is 562 g/mol. The second-order valence-corrected chi connectivity index (χ2v) is 10.2. The Balaban J connectivity index is 0.00000181. The van der Waals surface area contributed by atoms with Gasteiger partial charge in [-0.05, 0) is 34.7 Å². The van der Waals surface area contributed by atoms with E-state index in [0.29, 0.717) is 36.1 Å². The number of halogens is 1. The number of hydrogen-bond acceptors (Lipinski definition) is 6. The van der Waals surface area contributed by atoms with Crippen molar-refractivity contribution in [2.45, 2.75) is 51.5 Å². The van der Waals surface area contributed by atoms with Gasteiger partial charge in [0.25, 0.3) is 5.89 Å². The fraction of sp³-hybridized carbons (Fsp3) is 0.375. The molecule has 0 aliphatic carbocycles. The van der Waals surface area contributed by atoms with Crippen LogP contribution in [-0.4, -0.2) is 35.7 Å². The maximum absolute atomic E-state index is 12.6. The summed E-state index contributed by atoms with van der Waals surface area (Å²) in [6.07, 6.45) is 3.81. The van der Waals surface area contributed by atoms with Crippen LogP contribution < -0.4 is 4.90 Å². The Morgan fingerprint density at radius 1 is 1.00 bits per heavy atom. The molecule has 1 saturated heterocycles. The second kappa shape index (κ2) is 14.3. The number of hydrogen-bond donors (Lipinski definition) is 1. The first-order chi connectivity index (χ1) is 19.6. The Hall–Kier alpha value is -3.39. The summed E-state index contributed by atoms with van der Waals surface area (Å²) in [6.45, 7) is 7.40. The molecule has 0 radical (unpaired) electrons. The van der Waals surface area contributed by atoms with Gasteiger partial charge in [-0.1, -0.05) is 109 Å². The summed E-state index contributed by atoms with van der Waals surface area (Å²) in [5.41, 5.74) is 2.47. The molecule has 3 atom stereocenters. The smallest absolute Gasteiger partial charge is 0.281 e. The van der Waals surface area contributed by atoms with Crippen molar-refractivity contribution in [1.29, 1.82) is 0 Å². The van der Waals surface area contributed by atoms with Crippen molar-refractivity contribution in [3.05, 3.63) is 124 Å². The van der Waals surface area contributed by atoms with Crippen molar-refractivity contribution in [1.82, 2.24) is 10.1 Å². The number of quaternary nitrogens is 1. The number of benzene rings is 3. The SMILES string of the molecule is CCC1CC[NH+](Cc2nc(C(N=O)(c3ccccc3)c3ccccc3)no2)CC1OCc1ccc(C)cc1.CCl. The van der Waals surface area contributed by atoms with E-state index in [1.807, 2.05) is 60.7 Å². The fourth-order valence-electron chi connectivity index (χ4n) is 5.46. The van der Waals surface area contributed by atoms with Gasteiger partial charge in [0.2, 0.25) is 11.4 Å². The lowest BCUT2D eigenvalue weighted by atomic mass is 9.83. The van der Waals surface area contributed by atoms with E-state index in [-0.39, 0.29) is 11.9 Å². The first kappa shape index (κ1) is 29.6. The molecule has 1 fully saturated rings. The highest BCUT2D eigenvalue weighted by atomic mass is 35.5. The molecule has 7 nitrogen and oxygen atoms in total. The van der Waals surface area contributed by atoms with Gasteiger partial charge in [0.05, 0.1) is 13.2 Å². The highest BCUT2D eigenvalue weighted by Crippen LogP contribution is 2.38. The number of likely N-dealkylation sites (tertiary alicyclic amines) is 1. The van der Waals surface area contributed by atoms with Gasteiger partial charge in [-0.2, -0.15) is 4.98 Å². The van der Waals surface area contributed by atoms with Gasteiger partial charge in [0, 0.05) is 12.8 Å². The van der Waals surface area contributed by atoms with Crippen molar-refractivity contribution in [2.75, 3.05) is 19.5 Å². The van der Waals surface area contributed by atoms with Crippen LogP contribution >= 0.6 is 11.6 Å². The van der Waals surface area contributed by atoms with E-state index in [0.717, 1.165) is 25.9 Å². The molecule has 0 bridgehead atoms. The normalized spacial score (nSPS) is 18.9. The number of ether oxygens (including phenoxy) is 1. The molecular formula is C32H38ClN4O3+. The van der Waals surface area contributed by atoms with E-state index in [1.165, 1.54) is 22.4 Å². The molecule has 210 valence electrons. The third-order valence-electron chi connectivity index (χ3n) is 7.71. The van der Waals surface area contributed by atoms with Crippen molar-refractivity contribution in [2.24, 2.45) is 11.1 Å². The van der Waals surface area contributed by atoms with Crippen LogP contribution in [-0.2, 0) is 23.4 Å². The monoisotopic (exact) mass is 561 g/mol. The summed E-state index contributed by atoms with van der Waals surface area (Å²) >= 11 is 4.64. The molecule has 1 aliphatic heterocycles. The molecule has 3 unspecified atom stereocenters. The van der Waals surface area contributed by atoms with Crippen LogP contribution in [0.15, 0.2) is 94.6 Å². The molecule has 3 aromatic carbocycles. The summed E-state index contributed by atoms with van der Waals surface area (Å²) in [4.78, 5) is 18.6. The van der Waals surface area contributed by atoms with Crippen LogP contribution in [0, 0.1) is 17.7 Å². The third kappa shape index (κ3) is 6.66. The molecular weight excluding hydrogens is 524 g/mol. The van der Waals surface area contributed by atoms with Crippen LogP contribution in [0.1, 0.15) is 53.7 Å². The zero-order valence-corrected chi connectivity index (χ0v) is 24.2. The van der Waals surface area contributed by atoms with Crippen molar-refractivity contribution in [3.8, 4) is 0 Å². The van der Waals surface area contributed by atoms with Gasteiger partial charge in [-0.25, -0.2) is 0 Å². The summed E-state index contributed by atoms with van der Waals surface area (Å²) in [6, 6.07) is 27.4. The first-order valence-corrected chi connectivity index (χ1v) is 14.5. The molecule has 4 aromatic rings. The van der Waals surface area contributed by atoms with Crippen molar-refractivity contribution < 1.29 is 14.2 Å². The minimum atomic E-state index is -1.38. The third-order valence-corrected chi connectivity index (χ3v) is 7.71. The van der Waals surface area contributed by atoms with Crippen LogP contribution in [0.5, 0.6) is 0 Å². The molecule has 5 rings (SSSR count). The zero-order chi connectivity index (χ0) is 28.4. The number of nitrogens with zero attached hydrogens (tertiary/aromatic N) is 3. The predicted molar refractivity (Wildman–Crippen MR) is 157 cm³/mol. The number of piperidine rings is 1. The van der Waals surface area contributed by atoms with Gasteiger partial charge >= 0.3 is 0 Å². The summed E-state index contributed by atoms with van der Waals surface area (Å²) in [5.74, 6) is 1.29. The van der Waals surface area contributed by atoms with E-state index >= 15 is 0 Å². The molecule has 8 heteroatoms. The van der Waals surface area contributed by atoms with E-state index < -0.39 is 5.54 Å². The highest BCUT2D eigenvalue weighted by molar-refractivity contribution is 6.15. The number of nitrogens with one attached hydrogen (secondary N) is 1. The molecule has 40 heavy (non-hydrogen) atoms. The Bertz CT molecular complexity index is 1280. The fourth-order valence-corrected chi connectivity index (χ4v) is 5.46. The Morgan fingerprint density at radius 2 is 1.62 bits per heavy atom. The molecule has 0 spiro atoms. The minimum absolute atomic E-state index is 0.164. The maximum Gasteiger partial charge on any atom is 0.281 e. The largest absolute Gasteiger partial charge is 0.367 e. The number of nitroso groups, excluding NO2 is 1. The molecule has 0 saturated carbocycles. The summed E-state index contributed by atoms with van der Waals surface area (Å²) in [5, 5.41) is 7.91. The lowest BCUT2D eigenvalue weighted by Crippen LogP contribution is -3.13. The Kier molecular flexibility index (Phi) is 10.6. The number of aryl methyl sites for hydroxylation is 1. The van der Waals surface area contributed by atoms with E-state index in [4.69, 9.17) is 14.2 Å². The number of alkyl halides is 1. The number of rotatable bonds is 10. The lowest BCUT2D eigenvalue weighted by Gasteiger charge is -2.35. The van der Waals surface area contributed by atoms with Crippen LogP contribution in [0.25, 0.3) is 0 Å². The zero-order valence-electron chi connectivity index (χ0n) is 23.4. The molecule has 2 heterocycles. The van der Waals surface area contributed by atoms with E-state index in [2.05, 4.69) is 60.0 Å². The quantitative estimate of drug-likeness (QED) is 0.199.